The minimum absolute atomic E-state index is 0.0124. The summed E-state index contributed by atoms with van der Waals surface area (Å²) in [5, 5.41) is 0. The van der Waals surface area contributed by atoms with Crippen LogP contribution in [0.25, 0.3) is 0 Å². The van der Waals surface area contributed by atoms with Crippen LogP contribution in [-0.4, -0.2) is 30.6 Å². The van der Waals surface area contributed by atoms with Crippen LogP contribution in [0.3, 0.4) is 0 Å². The Kier molecular flexibility index (Phi) is 4.69. The molecule has 0 spiro atoms. The van der Waals surface area contributed by atoms with Crippen LogP contribution in [-0.2, 0) is 6.42 Å². The molecule has 3 nitrogen and oxygen atoms in total. The maximum atomic E-state index is 5.71. The molecule has 1 rings (SSSR count). The Hall–Kier alpha value is -0.900. The van der Waals surface area contributed by atoms with E-state index in [4.69, 9.17) is 5.84 Å². The third-order valence-corrected chi connectivity index (χ3v) is 3.73. The number of benzene rings is 1. The average Bonchev–Trinajstić information content (AvgIpc) is 2.25. The third-order valence-electron chi connectivity index (χ3n) is 3.73. The highest BCUT2D eigenvalue weighted by atomic mass is 15.3. The third kappa shape index (κ3) is 3.53. The predicted molar refractivity (Wildman–Crippen MR) is 73.8 cm³/mol. The maximum Gasteiger partial charge on any atom is 0.0429 e. The van der Waals surface area contributed by atoms with Gasteiger partial charge in [-0.05, 0) is 46.9 Å². The molecule has 3 heteroatoms. The largest absolute Gasteiger partial charge is 0.303 e. The smallest absolute Gasteiger partial charge is 0.0429 e. The van der Waals surface area contributed by atoms with Gasteiger partial charge in [-0.3, -0.25) is 11.3 Å². The lowest BCUT2D eigenvalue weighted by Crippen LogP contribution is -2.58. The molecule has 0 amide bonds. The van der Waals surface area contributed by atoms with Gasteiger partial charge in [0.25, 0.3) is 0 Å². The molecule has 0 aromatic heterocycles. The first kappa shape index (κ1) is 14.2. The number of nitrogens with zero attached hydrogens (tertiary/aromatic N) is 1. The Bertz CT molecular complexity index is 358. The van der Waals surface area contributed by atoms with Crippen molar-refractivity contribution in [2.24, 2.45) is 5.84 Å². The number of hydrogen-bond donors (Lipinski definition) is 2. The van der Waals surface area contributed by atoms with Crippen molar-refractivity contribution in [3.63, 3.8) is 0 Å². The Morgan fingerprint density at radius 3 is 2.47 bits per heavy atom. The zero-order valence-corrected chi connectivity index (χ0v) is 11.6. The lowest BCUT2D eigenvalue weighted by atomic mass is 9.88. The van der Waals surface area contributed by atoms with Crippen LogP contribution in [0.5, 0.6) is 0 Å². The second-order valence-corrected chi connectivity index (χ2v) is 5.46. The second kappa shape index (κ2) is 5.63. The minimum atomic E-state index is 0.0124. The van der Waals surface area contributed by atoms with Gasteiger partial charge in [0, 0.05) is 11.6 Å². The summed E-state index contributed by atoms with van der Waals surface area (Å²) in [5.74, 6) is 5.71. The Balaban J connectivity index is 2.84. The topological polar surface area (TPSA) is 41.3 Å². The number of hydrazine groups is 1. The fraction of sp³-hybridized carbons (Fsp3) is 0.571. The Labute approximate surface area is 105 Å². The van der Waals surface area contributed by atoms with Crippen LogP contribution < -0.4 is 11.3 Å². The van der Waals surface area contributed by atoms with E-state index in [-0.39, 0.29) is 11.6 Å². The first-order valence-electron chi connectivity index (χ1n) is 6.07. The molecular formula is C14H25N3. The molecule has 0 aliphatic heterocycles. The summed E-state index contributed by atoms with van der Waals surface area (Å²) in [6, 6.07) is 8.81. The molecule has 0 heterocycles. The van der Waals surface area contributed by atoms with E-state index >= 15 is 0 Å². The molecule has 0 fully saturated rings. The van der Waals surface area contributed by atoms with E-state index in [9.17, 15) is 0 Å². The molecule has 0 aliphatic carbocycles. The standard InChI is InChI=1S/C14H25N3/c1-11-7-6-8-12(9-11)10-13(16-15)14(2,3)17(4)5/h6-9,13,16H,10,15H2,1-5H3. The van der Waals surface area contributed by atoms with Gasteiger partial charge in [0.2, 0.25) is 0 Å². The number of nitrogens with one attached hydrogen (secondary N) is 1. The van der Waals surface area contributed by atoms with Crippen molar-refractivity contribution in [1.29, 1.82) is 0 Å². The molecule has 3 N–H and O–H groups in total. The summed E-state index contributed by atoms with van der Waals surface area (Å²) < 4.78 is 0. The number of aryl methyl sites for hydroxylation is 1. The van der Waals surface area contributed by atoms with Crippen LogP contribution in [0.4, 0.5) is 0 Å². The monoisotopic (exact) mass is 235 g/mol. The maximum absolute atomic E-state index is 5.71. The van der Waals surface area contributed by atoms with Crippen molar-refractivity contribution in [3.05, 3.63) is 35.4 Å². The number of rotatable bonds is 5. The van der Waals surface area contributed by atoms with Crippen LogP contribution in [0, 0.1) is 6.92 Å². The fourth-order valence-corrected chi connectivity index (χ4v) is 1.90. The molecular weight excluding hydrogens is 210 g/mol. The number of likely N-dealkylation sites (N-methyl/N-ethyl adjacent to an activating group) is 1. The minimum Gasteiger partial charge on any atom is -0.303 e. The van der Waals surface area contributed by atoms with Crippen LogP contribution in [0.1, 0.15) is 25.0 Å². The summed E-state index contributed by atoms with van der Waals surface area (Å²) >= 11 is 0. The molecule has 1 unspecified atom stereocenters. The normalized spacial score (nSPS) is 14.1. The highest BCUT2D eigenvalue weighted by Crippen LogP contribution is 2.19. The molecule has 0 saturated heterocycles. The SMILES string of the molecule is Cc1cccc(CC(NN)C(C)(C)N(C)C)c1. The van der Waals surface area contributed by atoms with Crippen molar-refractivity contribution in [1.82, 2.24) is 10.3 Å². The van der Waals surface area contributed by atoms with Crippen molar-refractivity contribution in [3.8, 4) is 0 Å². The molecule has 1 aromatic rings. The van der Waals surface area contributed by atoms with Gasteiger partial charge in [0.15, 0.2) is 0 Å². The van der Waals surface area contributed by atoms with E-state index < -0.39 is 0 Å². The Morgan fingerprint density at radius 2 is 2.00 bits per heavy atom. The van der Waals surface area contributed by atoms with Crippen molar-refractivity contribution in [2.75, 3.05) is 14.1 Å². The van der Waals surface area contributed by atoms with Crippen molar-refractivity contribution < 1.29 is 0 Å². The van der Waals surface area contributed by atoms with Gasteiger partial charge >= 0.3 is 0 Å². The van der Waals surface area contributed by atoms with E-state index in [0.717, 1.165) is 6.42 Å². The first-order valence-corrected chi connectivity index (χ1v) is 6.07. The summed E-state index contributed by atoms with van der Waals surface area (Å²) in [7, 11) is 4.17. The number of nitrogens with two attached hydrogens (primary N) is 1. The van der Waals surface area contributed by atoms with E-state index in [2.05, 4.69) is 69.5 Å². The van der Waals surface area contributed by atoms with Gasteiger partial charge in [0.05, 0.1) is 0 Å². The summed E-state index contributed by atoms with van der Waals surface area (Å²) in [5.41, 5.74) is 5.58. The van der Waals surface area contributed by atoms with Gasteiger partial charge < -0.3 is 4.90 Å². The van der Waals surface area contributed by atoms with Crippen LogP contribution >= 0.6 is 0 Å². The Morgan fingerprint density at radius 1 is 1.35 bits per heavy atom. The molecule has 17 heavy (non-hydrogen) atoms. The lowest BCUT2D eigenvalue weighted by Gasteiger charge is -2.40. The molecule has 0 saturated carbocycles. The molecule has 0 radical (unpaired) electrons. The summed E-state index contributed by atoms with van der Waals surface area (Å²) in [6.07, 6.45) is 0.934. The quantitative estimate of drug-likeness (QED) is 0.603. The van der Waals surface area contributed by atoms with Crippen LogP contribution in [0.2, 0.25) is 0 Å². The van der Waals surface area contributed by atoms with Gasteiger partial charge in [0.1, 0.15) is 0 Å². The lowest BCUT2D eigenvalue weighted by molar-refractivity contribution is 0.137. The van der Waals surface area contributed by atoms with Gasteiger partial charge in [-0.1, -0.05) is 29.8 Å². The van der Waals surface area contributed by atoms with Gasteiger partial charge in [-0.25, -0.2) is 0 Å². The van der Waals surface area contributed by atoms with Gasteiger partial charge in [-0.2, -0.15) is 0 Å². The molecule has 1 aromatic carbocycles. The highest BCUT2D eigenvalue weighted by molar-refractivity contribution is 5.23. The molecule has 0 bridgehead atoms. The molecule has 0 aliphatic rings. The average molecular weight is 235 g/mol. The van der Waals surface area contributed by atoms with Crippen molar-refractivity contribution >= 4 is 0 Å². The summed E-state index contributed by atoms with van der Waals surface area (Å²) in [6.45, 7) is 6.52. The van der Waals surface area contributed by atoms with E-state index in [0.29, 0.717) is 0 Å². The molecule has 1 atom stereocenters. The molecule has 96 valence electrons. The fourth-order valence-electron chi connectivity index (χ4n) is 1.90. The van der Waals surface area contributed by atoms with E-state index in [1.807, 2.05) is 0 Å². The summed E-state index contributed by atoms with van der Waals surface area (Å²) in [4.78, 5) is 2.20. The van der Waals surface area contributed by atoms with E-state index in [1.165, 1.54) is 11.1 Å². The predicted octanol–water partition coefficient (Wildman–Crippen LogP) is 1.71. The van der Waals surface area contributed by atoms with E-state index in [1.54, 1.807) is 0 Å². The zero-order chi connectivity index (χ0) is 13.1. The zero-order valence-electron chi connectivity index (χ0n) is 11.6. The number of hydrogen-bond acceptors (Lipinski definition) is 3. The van der Waals surface area contributed by atoms with Crippen molar-refractivity contribution in [2.45, 2.75) is 38.8 Å². The highest BCUT2D eigenvalue weighted by Gasteiger charge is 2.30. The first-order chi connectivity index (χ1) is 7.87. The van der Waals surface area contributed by atoms with Crippen LogP contribution in [0.15, 0.2) is 24.3 Å². The second-order valence-electron chi connectivity index (χ2n) is 5.46. The van der Waals surface area contributed by atoms with Gasteiger partial charge in [-0.15, -0.1) is 0 Å².